The zero-order valence-corrected chi connectivity index (χ0v) is 19.5. The number of hydrogen-bond acceptors (Lipinski definition) is 6. The molecule has 35 heavy (non-hydrogen) atoms. The number of rotatable bonds is 8. The fourth-order valence-corrected chi connectivity index (χ4v) is 3.76. The van der Waals surface area contributed by atoms with Crippen LogP contribution < -0.4 is 20.7 Å². The number of alkyl halides is 3. The van der Waals surface area contributed by atoms with E-state index in [4.69, 9.17) is 4.74 Å². The molecule has 188 valence electrons. The molecule has 1 aliphatic carbocycles. The van der Waals surface area contributed by atoms with Crippen LogP contribution in [0.2, 0.25) is 0 Å². The minimum absolute atomic E-state index is 0.0215. The number of carbonyl (C=O) groups is 2. The summed E-state index contributed by atoms with van der Waals surface area (Å²) < 4.78 is 46.9. The lowest BCUT2D eigenvalue weighted by Crippen LogP contribution is -2.47. The Balaban J connectivity index is 1.54. The zero-order chi connectivity index (χ0) is 25.2. The third-order valence-corrected chi connectivity index (χ3v) is 5.98. The van der Waals surface area contributed by atoms with E-state index in [1.807, 2.05) is 0 Å². The zero-order valence-electron chi connectivity index (χ0n) is 19.5. The number of nitrogens with one attached hydrogen (secondary N) is 3. The number of aromatic nitrogens is 2. The van der Waals surface area contributed by atoms with Crippen molar-refractivity contribution in [1.82, 2.24) is 25.9 Å². The summed E-state index contributed by atoms with van der Waals surface area (Å²) in [4.78, 5) is 32.7. The van der Waals surface area contributed by atoms with E-state index in [0.717, 1.165) is 18.9 Å². The van der Waals surface area contributed by atoms with E-state index in [2.05, 4.69) is 25.9 Å². The Labute approximate surface area is 201 Å². The van der Waals surface area contributed by atoms with Crippen LogP contribution in [0.25, 0.3) is 0 Å². The van der Waals surface area contributed by atoms with Gasteiger partial charge < -0.3 is 15.4 Å². The van der Waals surface area contributed by atoms with Gasteiger partial charge >= 0.3 is 12.2 Å². The van der Waals surface area contributed by atoms with Gasteiger partial charge in [0, 0.05) is 48.4 Å². The number of halogens is 3. The number of benzene rings is 1. The summed E-state index contributed by atoms with van der Waals surface area (Å²) in [7, 11) is 0. The smallest absolute Gasteiger partial charge is 0.416 e. The number of carbonyl (C=O) groups excluding carboxylic acids is 2. The lowest BCUT2D eigenvalue weighted by Gasteiger charge is -2.33. The van der Waals surface area contributed by atoms with Crippen LogP contribution >= 0.6 is 0 Å². The minimum atomic E-state index is -4.63. The molecule has 1 aromatic heterocycles. The summed E-state index contributed by atoms with van der Waals surface area (Å²) in [6, 6.07) is 3.29. The van der Waals surface area contributed by atoms with Crippen molar-refractivity contribution in [2.24, 2.45) is 11.8 Å². The maximum Gasteiger partial charge on any atom is 0.416 e. The monoisotopic (exact) mass is 491 g/mol. The molecule has 0 spiro atoms. The highest BCUT2D eigenvalue weighted by molar-refractivity contribution is 5.78. The highest BCUT2D eigenvalue weighted by Gasteiger charge is 2.38. The fourth-order valence-electron chi connectivity index (χ4n) is 3.76. The normalized spacial score (nSPS) is 20.5. The summed E-state index contributed by atoms with van der Waals surface area (Å²) >= 11 is 0. The number of amides is 2. The quantitative estimate of drug-likeness (QED) is 0.523. The maximum atomic E-state index is 13.8. The largest absolute Gasteiger partial charge is 0.463 e. The first-order valence-electron chi connectivity index (χ1n) is 11.6. The van der Waals surface area contributed by atoms with E-state index in [1.54, 1.807) is 13.8 Å². The molecule has 0 radical (unpaired) electrons. The van der Waals surface area contributed by atoms with Gasteiger partial charge in [-0.05, 0) is 36.5 Å². The predicted molar refractivity (Wildman–Crippen MR) is 120 cm³/mol. The summed E-state index contributed by atoms with van der Waals surface area (Å²) in [5, 5.41) is 8.38. The van der Waals surface area contributed by atoms with Gasteiger partial charge in [-0.2, -0.15) is 13.2 Å². The van der Waals surface area contributed by atoms with Gasteiger partial charge in [-0.3, -0.25) is 14.9 Å². The van der Waals surface area contributed by atoms with Gasteiger partial charge in [0.25, 0.3) is 0 Å². The van der Waals surface area contributed by atoms with Gasteiger partial charge in [-0.25, -0.2) is 9.97 Å². The Morgan fingerprint density at radius 1 is 1.23 bits per heavy atom. The average molecular weight is 492 g/mol. The minimum Gasteiger partial charge on any atom is -0.463 e. The summed E-state index contributed by atoms with van der Waals surface area (Å²) in [6.45, 7) is 4.08. The molecule has 2 amide bonds. The fraction of sp³-hybridized carbons (Fsp3) is 0.500. The third-order valence-electron chi connectivity index (χ3n) is 5.98. The molecule has 2 aliphatic rings. The number of ether oxygens (including phenoxy) is 1. The number of hydrogen-bond donors (Lipinski definition) is 3. The van der Waals surface area contributed by atoms with Crippen LogP contribution in [0.3, 0.4) is 0 Å². The van der Waals surface area contributed by atoms with Gasteiger partial charge in [-0.1, -0.05) is 19.9 Å². The van der Waals surface area contributed by atoms with Crippen LogP contribution in [-0.4, -0.2) is 28.4 Å². The molecule has 0 bridgehead atoms. The van der Waals surface area contributed by atoms with E-state index in [0.29, 0.717) is 23.7 Å². The number of nitrogens with zero attached hydrogens (tertiary/aromatic N) is 2. The van der Waals surface area contributed by atoms with E-state index in [9.17, 15) is 22.8 Å². The second-order valence-electron chi connectivity index (χ2n) is 9.27. The summed E-state index contributed by atoms with van der Waals surface area (Å²) in [5.41, 5.74) is 0.0605. The van der Waals surface area contributed by atoms with Crippen molar-refractivity contribution in [3.8, 4) is 6.01 Å². The average Bonchev–Trinajstić information content (AvgIpc) is 3.65. The Bertz CT molecular complexity index is 1070. The third kappa shape index (κ3) is 6.47. The van der Waals surface area contributed by atoms with E-state index < -0.39 is 29.9 Å². The lowest BCUT2D eigenvalue weighted by molar-refractivity contribution is -0.139. The highest BCUT2D eigenvalue weighted by Crippen LogP contribution is 2.36. The van der Waals surface area contributed by atoms with Crippen molar-refractivity contribution in [2.75, 3.05) is 6.61 Å². The van der Waals surface area contributed by atoms with Crippen molar-refractivity contribution in [3.05, 3.63) is 52.8 Å². The van der Waals surface area contributed by atoms with Gasteiger partial charge in [0.05, 0.1) is 12.2 Å². The van der Waals surface area contributed by atoms with Gasteiger partial charge in [-0.15, -0.1) is 0 Å². The Hall–Kier alpha value is -3.21. The van der Waals surface area contributed by atoms with Crippen molar-refractivity contribution >= 4 is 11.8 Å². The van der Waals surface area contributed by atoms with Crippen molar-refractivity contribution < 1.29 is 27.5 Å². The van der Waals surface area contributed by atoms with Crippen molar-refractivity contribution in [1.29, 1.82) is 0 Å². The van der Waals surface area contributed by atoms with Crippen molar-refractivity contribution in [2.45, 2.75) is 58.0 Å². The van der Waals surface area contributed by atoms with Crippen LogP contribution in [0.5, 0.6) is 6.01 Å². The molecular weight excluding hydrogens is 463 g/mol. The van der Waals surface area contributed by atoms with Gasteiger partial charge in [0.2, 0.25) is 11.8 Å². The second-order valence-corrected chi connectivity index (χ2v) is 9.27. The molecule has 2 heterocycles. The first-order chi connectivity index (χ1) is 16.6. The molecule has 1 aromatic carbocycles. The molecule has 2 fully saturated rings. The van der Waals surface area contributed by atoms with E-state index >= 15 is 0 Å². The molecule has 1 saturated heterocycles. The lowest BCUT2D eigenvalue weighted by atomic mass is 9.96. The van der Waals surface area contributed by atoms with E-state index in [1.165, 1.54) is 24.5 Å². The Morgan fingerprint density at radius 2 is 1.94 bits per heavy atom. The van der Waals surface area contributed by atoms with Crippen LogP contribution in [0, 0.1) is 11.8 Å². The van der Waals surface area contributed by atoms with Gasteiger partial charge in [0.1, 0.15) is 6.17 Å². The first kappa shape index (κ1) is 24.9. The molecule has 1 saturated carbocycles. The van der Waals surface area contributed by atoms with Crippen LogP contribution in [-0.2, 0) is 22.3 Å². The van der Waals surface area contributed by atoms with Crippen LogP contribution in [0.1, 0.15) is 67.6 Å². The molecule has 4 rings (SSSR count). The van der Waals surface area contributed by atoms with Crippen molar-refractivity contribution in [3.63, 3.8) is 0 Å². The summed E-state index contributed by atoms with van der Waals surface area (Å²) in [5.74, 6) is -0.323. The summed E-state index contributed by atoms with van der Waals surface area (Å²) in [6.07, 6.45) is -0.399. The van der Waals surface area contributed by atoms with Crippen LogP contribution in [0.4, 0.5) is 13.2 Å². The predicted octanol–water partition coefficient (Wildman–Crippen LogP) is 3.41. The van der Waals surface area contributed by atoms with E-state index in [-0.39, 0.29) is 36.4 Å². The molecule has 2 unspecified atom stereocenters. The maximum absolute atomic E-state index is 13.8. The molecule has 11 heteroatoms. The Kier molecular flexibility index (Phi) is 7.25. The van der Waals surface area contributed by atoms with Gasteiger partial charge in [0.15, 0.2) is 0 Å². The Morgan fingerprint density at radius 3 is 2.57 bits per heavy atom. The molecule has 1 aliphatic heterocycles. The standard InChI is InChI=1S/C24H28F3N5O3/c1-13(2)22(34)28-9-15-5-6-18(24(25,26)27)17(7-15)21-31-19(8-20(33)32-21)16-10-29-23(30-11-16)35-12-14-3-4-14/h5-7,10-11,13-14,19,21,31H,3-4,8-9,12H2,1-2H3,(H,28,34)(H,32,33). The second kappa shape index (κ2) is 10.2. The molecular formula is C24H28F3N5O3. The molecule has 2 atom stereocenters. The molecule has 2 aromatic rings. The van der Waals surface area contributed by atoms with Crippen LogP contribution in [0.15, 0.2) is 30.6 Å². The SMILES string of the molecule is CC(C)C(=O)NCc1ccc(C(F)(F)F)c(C2NC(=O)CC(c3cnc(OCC4CC4)nc3)N2)c1. The topological polar surface area (TPSA) is 105 Å². The molecule has 8 nitrogen and oxygen atoms in total. The highest BCUT2D eigenvalue weighted by atomic mass is 19.4. The first-order valence-corrected chi connectivity index (χ1v) is 11.6. The molecule has 3 N–H and O–H groups in total.